The van der Waals surface area contributed by atoms with Gasteiger partial charge in [0.1, 0.15) is 11.9 Å². The number of rotatable bonds is 25. The van der Waals surface area contributed by atoms with E-state index in [-0.39, 0.29) is 48.3 Å². The normalized spacial score (nSPS) is 26.5. The molecule has 0 aromatic rings. The van der Waals surface area contributed by atoms with Crippen LogP contribution in [-0.2, 0) is 38.1 Å². The van der Waals surface area contributed by atoms with Crippen molar-refractivity contribution in [1.29, 1.82) is 0 Å². The van der Waals surface area contributed by atoms with Crippen LogP contribution in [0.15, 0.2) is 47.6 Å². The van der Waals surface area contributed by atoms with Crippen molar-refractivity contribution in [3.05, 3.63) is 47.6 Å². The molecule has 11 nitrogen and oxygen atoms in total. The van der Waals surface area contributed by atoms with Crippen LogP contribution < -0.4 is 0 Å². The average molecular weight is 828 g/mol. The molecule has 1 amide bonds. The molecule has 1 N–H and O–H groups in total. The van der Waals surface area contributed by atoms with E-state index in [9.17, 15) is 24.3 Å². The molecule has 0 aromatic carbocycles. The highest BCUT2D eigenvalue weighted by molar-refractivity contribution is 5.81. The Bertz CT molecular complexity index is 1390. The Balaban J connectivity index is 1.39. The maximum Gasteiger partial charge on any atom is 0.412 e. The van der Waals surface area contributed by atoms with Crippen molar-refractivity contribution >= 4 is 24.6 Å². The van der Waals surface area contributed by atoms with Crippen LogP contribution in [0.4, 0.5) is 4.79 Å². The summed E-state index contributed by atoms with van der Waals surface area (Å²) in [5.74, 6) is -0.703. The highest BCUT2D eigenvalue weighted by Crippen LogP contribution is 2.33. The topological polar surface area (TPSA) is 138 Å². The Hall–Kier alpha value is -3.12. The maximum atomic E-state index is 13.1. The first-order valence-corrected chi connectivity index (χ1v) is 22.5. The number of aliphatic hydroxyl groups excluding tert-OH is 1. The predicted molar refractivity (Wildman–Crippen MR) is 231 cm³/mol. The van der Waals surface area contributed by atoms with Crippen LogP contribution in [0.25, 0.3) is 0 Å². The number of ketones is 1. The lowest BCUT2D eigenvalue weighted by Gasteiger charge is -2.39. The van der Waals surface area contributed by atoms with Gasteiger partial charge in [0.25, 0.3) is 12.3 Å². The summed E-state index contributed by atoms with van der Waals surface area (Å²) in [5, 5.41) is 10.9. The number of aldehydes is 1. The fourth-order valence-electron chi connectivity index (χ4n) is 8.81. The molecule has 2 heterocycles. The predicted octanol–water partition coefficient (Wildman–Crippen LogP) is 9.41. The van der Waals surface area contributed by atoms with Crippen molar-refractivity contribution < 1.29 is 48.0 Å². The molecule has 8 atom stereocenters. The fraction of sp³-hybridized carbons (Fsp3) is 0.750. The fourth-order valence-corrected chi connectivity index (χ4v) is 8.81. The van der Waals surface area contributed by atoms with Crippen molar-refractivity contribution in [2.24, 2.45) is 23.7 Å². The van der Waals surface area contributed by atoms with Crippen molar-refractivity contribution in [3.8, 4) is 0 Å². The maximum absolute atomic E-state index is 13.1. The number of hydrogen-bond acceptors (Lipinski definition) is 10. The number of allylic oxidation sites excluding steroid dienone is 6. The van der Waals surface area contributed by atoms with Crippen molar-refractivity contribution in [2.45, 2.75) is 180 Å². The first kappa shape index (κ1) is 50.2. The average Bonchev–Trinajstić information content (AvgIpc) is 3.23. The van der Waals surface area contributed by atoms with Crippen LogP contribution in [-0.4, -0.2) is 98.3 Å². The summed E-state index contributed by atoms with van der Waals surface area (Å²) in [6.45, 7) is 11.8. The molecule has 3 fully saturated rings. The van der Waals surface area contributed by atoms with Crippen LogP contribution in [0, 0.1) is 23.7 Å². The third-order valence-corrected chi connectivity index (χ3v) is 12.7. The second kappa shape index (κ2) is 27.0. The summed E-state index contributed by atoms with van der Waals surface area (Å²) in [5.41, 5.74) is 1.80. The molecule has 3 rings (SSSR count). The van der Waals surface area contributed by atoms with E-state index in [4.69, 9.17) is 23.7 Å². The van der Waals surface area contributed by atoms with E-state index in [2.05, 4.69) is 19.9 Å². The molecule has 2 aliphatic heterocycles. The van der Waals surface area contributed by atoms with Gasteiger partial charge in [-0.25, -0.2) is 4.79 Å². The van der Waals surface area contributed by atoms with Crippen molar-refractivity contribution in [2.75, 3.05) is 27.3 Å². The van der Waals surface area contributed by atoms with Gasteiger partial charge in [0, 0.05) is 52.5 Å². The second-order valence-electron chi connectivity index (χ2n) is 17.7. The van der Waals surface area contributed by atoms with Gasteiger partial charge in [-0.05, 0) is 133 Å². The number of carbonyl (C=O) groups is 4. The molecular formula is C48H77NO10. The molecule has 11 heteroatoms. The van der Waals surface area contributed by atoms with E-state index in [0.29, 0.717) is 63.6 Å². The molecule has 1 saturated carbocycles. The van der Waals surface area contributed by atoms with Gasteiger partial charge in [-0.15, -0.1) is 0 Å². The standard InChI is InChI=1S/C48H77NO10/c1-35(15-10-8-11-16-37(3)46(56-7)31-43-17-14-26-48(33-50,58-43)59-47(54)49-27-12-9-13-28-49)29-38(4)44(52)32-45(53)39(5)30-36(2)18-22-42(57-34-51)25-21-40-19-23-41(55-6)24-20-40/h8,10-11,15-16,30,33-36,38,40-43,45-46,53H,9,12-14,17-29,31-32H2,1-7H3/b11-8+,15-10+,37-16+,39-30+/t35?,36?,38?,40?,41?,42?,43?,45?,46?,48-/m0/s1. The van der Waals surface area contributed by atoms with Crippen LogP contribution in [0.3, 0.4) is 0 Å². The van der Waals surface area contributed by atoms with Crippen LogP contribution >= 0.6 is 0 Å². The molecule has 2 saturated heterocycles. The highest BCUT2D eigenvalue weighted by atomic mass is 16.7. The first-order chi connectivity index (χ1) is 28.3. The number of ether oxygens (including phenoxy) is 5. The smallest absolute Gasteiger partial charge is 0.412 e. The van der Waals surface area contributed by atoms with Crippen molar-refractivity contribution in [3.63, 3.8) is 0 Å². The zero-order valence-corrected chi connectivity index (χ0v) is 37.3. The largest absolute Gasteiger partial charge is 0.465 e. The van der Waals surface area contributed by atoms with Crippen LogP contribution in [0.2, 0.25) is 0 Å². The molecule has 59 heavy (non-hydrogen) atoms. The molecule has 3 aliphatic rings. The molecule has 1 aliphatic carbocycles. The summed E-state index contributed by atoms with van der Waals surface area (Å²) < 4.78 is 28.6. The number of hydrogen-bond donors (Lipinski definition) is 1. The second-order valence-corrected chi connectivity index (χ2v) is 17.7. The minimum atomic E-state index is -1.56. The number of likely N-dealkylation sites (tertiary alicyclic amines) is 1. The number of aliphatic hydroxyl groups is 1. The number of nitrogens with zero attached hydrogens (tertiary/aromatic N) is 1. The van der Waals surface area contributed by atoms with Gasteiger partial charge in [-0.1, -0.05) is 57.2 Å². The first-order valence-electron chi connectivity index (χ1n) is 22.5. The van der Waals surface area contributed by atoms with Gasteiger partial charge in [0.05, 0.1) is 24.4 Å². The van der Waals surface area contributed by atoms with Gasteiger partial charge in [0.2, 0.25) is 0 Å². The number of carbonyl (C=O) groups excluding carboxylic acids is 4. The Labute approximate surface area is 355 Å². The lowest BCUT2D eigenvalue weighted by atomic mass is 9.83. The van der Waals surface area contributed by atoms with Crippen LogP contribution in [0.5, 0.6) is 0 Å². The lowest BCUT2D eigenvalue weighted by molar-refractivity contribution is -0.238. The Morgan fingerprint density at radius 3 is 2.27 bits per heavy atom. The molecular weight excluding hydrogens is 751 g/mol. The summed E-state index contributed by atoms with van der Waals surface area (Å²) in [4.78, 5) is 50.9. The van der Waals surface area contributed by atoms with E-state index in [0.717, 1.165) is 88.2 Å². The zero-order chi connectivity index (χ0) is 43.2. The number of amides is 1. The Kier molecular flexibility index (Phi) is 23.0. The Morgan fingerprint density at radius 1 is 0.881 bits per heavy atom. The molecule has 0 aromatic heterocycles. The van der Waals surface area contributed by atoms with Gasteiger partial charge in [0.15, 0.2) is 6.29 Å². The number of Topliss-reactive ketones (excluding diaryl/α,β-unsaturated/α-hetero) is 1. The SMILES string of the molecule is COC1CCC(CCC(CCC(C)/C=C(\C)C(O)CC(=O)C(C)CC(C)/C=C/C=C/C=C(\C)C(CC2CCC[C@@](C=O)(OC(=O)N3CCCCC3)O2)OC)OC=O)CC1. The van der Waals surface area contributed by atoms with E-state index in [1.54, 1.807) is 19.1 Å². The number of methoxy groups -OCH3 is 2. The monoisotopic (exact) mass is 828 g/mol. The van der Waals surface area contributed by atoms with Gasteiger partial charge < -0.3 is 33.7 Å². The molecule has 0 radical (unpaired) electrons. The minimum absolute atomic E-state index is 0.0457. The Morgan fingerprint density at radius 2 is 1.61 bits per heavy atom. The minimum Gasteiger partial charge on any atom is -0.465 e. The molecule has 7 unspecified atom stereocenters. The van der Waals surface area contributed by atoms with Gasteiger partial charge in [-0.2, -0.15) is 0 Å². The summed E-state index contributed by atoms with van der Waals surface area (Å²) >= 11 is 0. The van der Waals surface area contributed by atoms with E-state index in [1.807, 2.05) is 51.2 Å². The van der Waals surface area contributed by atoms with E-state index in [1.165, 1.54) is 0 Å². The quantitative estimate of drug-likeness (QED) is 0.0538. The molecule has 0 spiro atoms. The van der Waals surface area contributed by atoms with E-state index >= 15 is 0 Å². The summed E-state index contributed by atoms with van der Waals surface area (Å²) in [6.07, 6.45) is 25.2. The molecule has 0 bridgehead atoms. The van der Waals surface area contributed by atoms with Gasteiger partial charge >= 0.3 is 6.09 Å². The third kappa shape index (κ3) is 18.2. The number of piperidine rings is 1. The van der Waals surface area contributed by atoms with Gasteiger partial charge in [-0.3, -0.25) is 14.4 Å². The highest BCUT2D eigenvalue weighted by Gasteiger charge is 2.43. The molecule has 334 valence electrons. The van der Waals surface area contributed by atoms with E-state index < -0.39 is 18.0 Å². The summed E-state index contributed by atoms with van der Waals surface area (Å²) in [7, 11) is 3.44. The zero-order valence-electron chi connectivity index (χ0n) is 37.3. The third-order valence-electron chi connectivity index (χ3n) is 12.7. The van der Waals surface area contributed by atoms with Crippen LogP contribution in [0.1, 0.15) is 144 Å². The lowest BCUT2D eigenvalue weighted by Crippen LogP contribution is -2.50. The van der Waals surface area contributed by atoms with Crippen molar-refractivity contribution in [1.82, 2.24) is 4.90 Å². The summed E-state index contributed by atoms with van der Waals surface area (Å²) in [6, 6.07) is 0.